The summed E-state index contributed by atoms with van der Waals surface area (Å²) in [5.74, 6) is 2.81. The Kier molecular flexibility index (Phi) is 4.70. The summed E-state index contributed by atoms with van der Waals surface area (Å²) in [4.78, 5) is 16.5. The fourth-order valence-corrected chi connectivity index (χ4v) is 3.50. The van der Waals surface area contributed by atoms with Crippen LogP contribution in [0.1, 0.15) is 13.3 Å². The summed E-state index contributed by atoms with van der Waals surface area (Å²) in [7, 11) is 0. The largest absolute Gasteiger partial charge is 0.396 e. The molecule has 1 N–H and O–H groups in total. The highest BCUT2D eigenvalue weighted by molar-refractivity contribution is 7.99. The van der Waals surface area contributed by atoms with E-state index in [1.165, 1.54) is 0 Å². The monoisotopic (exact) mass is 258 g/mol. The summed E-state index contributed by atoms with van der Waals surface area (Å²) < 4.78 is 0. The van der Waals surface area contributed by atoms with Crippen LogP contribution in [0.25, 0.3) is 0 Å². The summed E-state index contributed by atoms with van der Waals surface area (Å²) in [5.41, 5.74) is 0. The number of amides is 1. The van der Waals surface area contributed by atoms with Gasteiger partial charge in [-0.15, -0.1) is 0 Å². The van der Waals surface area contributed by atoms with Crippen LogP contribution in [0.2, 0.25) is 0 Å². The van der Waals surface area contributed by atoms with Gasteiger partial charge in [-0.25, -0.2) is 0 Å². The summed E-state index contributed by atoms with van der Waals surface area (Å²) in [6.07, 6.45) is 0.949. The fraction of sp³-hybridized carbons (Fsp3) is 0.917. The van der Waals surface area contributed by atoms with Crippen molar-refractivity contribution >= 4 is 17.7 Å². The van der Waals surface area contributed by atoms with Crippen LogP contribution in [0.15, 0.2) is 0 Å². The van der Waals surface area contributed by atoms with E-state index in [2.05, 4.69) is 4.90 Å². The fourth-order valence-electron chi connectivity index (χ4n) is 2.57. The lowest BCUT2D eigenvalue weighted by Gasteiger charge is -2.33. The molecule has 0 bridgehead atoms. The van der Waals surface area contributed by atoms with E-state index in [1.807, 2.05) is 23.6 Å². The first kappa shape index (κ1) is 13.2. The van der Waals surface area contributed by atoms with Crippen LogP contribution in [0.4, 0.5) is 0 Å². The molecule has 0 saturated carbocycles. The quantitative estimate of drug-likeness (QED) is 0.789. The molecule has 2 aliphatic heterocycles. The molecule has 2 heterocycles. The molecular weight excluding hydrogens is 236 g/mol. The number of thioether (sulfide) groups is 1. The van der Waals surface area contributed by atoms with Gasteiger partial charge >= 0.3 is 0 Å². The standard InChI is InChI=1S/C12H22N2O2S/c1-10(13-4-6-17-7-5-13)12(16)14-3-2-11(8-14)9-15/h10-11,15H,2-9H2,1H3. The minimum absolute atomic E-state index is 0.00772. The second kappa shape index (κ2) is 6.07. The highest BCUT2D eigenvalue weighted by Crippen LogP contribution is 2.19. The predicted octanol–water partition coefficient (Wildman–Crippen LogP) is 0.265. The van der Waals surface area contributed by atoms with Gasteiger partial charge in [0.2, 0.25) is 5.91 Å². The van der Waals surface area contributed by atoms with Gasteiger partial charge in [0, 0.05) is 50.2 Å². The van der Waals surface area contributed by atoms with Gasteiger partial charge in [-0.05, 0) is 13.3 Å². The zero-order valence-electron chi connectivity index (χ0n) is 10.5. The molecule has 2 unspecified atom stereocenters. The number of likely N-dealkylation sites (tertiary alicyclic amines) is 1. The van der Waals surface area contributed by atoms with Crippen molar-refractivity contribution in [3.63, 3.8) is 0 Å². The molecule has 0 aromatic heterocycles. The van der Waals surface area contributed by atoms with E-state index in [4.69, 9.17) is 5.11 Å². The maximum Gasteiger partial charge on any atom is 0.239 e. The second-order valence-corrected chi connectivity index (χ2v) is 6.17. The molecule has 0 spiro atoms. The molecule has 2 saturated heterocycles. The molecule has 2 aliphatic rings. The predicted molar refractivity (Wildman–Crippen MR) is 70.1 cm³/mol. The lowest BCUT2D eigenvalue weighted by Crippen LogP contribution is -2.49. The molecule has 98 valence electrons. The van der Waals surface area contributed by atoms with Crippen molar-refractivity contribution in [3.8, 4) is 0 Å². The maximum absolute atomic E-state index is 12.3. The van der Waals surface area contributed by atoms with Crippen LogP contribution >= 0.6 is 11.8 Å². The average Bonchev–Trinajstić information content (AvgIpc) is 2.87. The minimum atomic E-state index is 0.00772. The first-order chi connectivity index (χ1) is 8.22. The summed E-state index contributed by atoms with van der Waals surface area (Å²) >= 11 is 1.96. The molecular formula is C12H22N2O2S. The number of nitrogens with zero attached hydrogens (tertiary/aromatic N) is 2. The molecule has 0 aromatic rings. The molecule has 1 amide bonds. The normalized spacial score (nSPS) is 28.4. The number of hydrogen-bond donors (Lipinski definition) is 1. The van der Waals surface area contributed by atoms with E-state index < -0.39 is 0 Å². The van der Waals surface area contributed by atoms with Crippen molar-refractivity contribution in [2.24, 2.45) is 5.92 Å². The minimum Gasteiger partial charge on any atom is -0.396 e. The van der Waals surface area contributed by atoms with Crippen LogP contribution in [-0.4, -0.2) is 71.1 Å². The zero-order valence-corrected chi connectivity index (χ0v) is 11.3. The molecule has 2 atom stereocenters. The van der Waals surface area contributed by atoms with E-state index >= 15 is 0 Å². The van der Waals surface area contributed by atoms with Gasteiger partial charge in [-0.2, -0.15) is 11.8 Å². The van der Waals surface area contributed by atoms with Crippen molar-refractivity contribution in [1.29, 1.82) is 0 Å². The van der Waals surface area contributed by atoms with E-state index in [-0.39, 0.29) is 18.6 Å². The van der Waals surface area contributed by atoms with Crippen LogP contribution in [0.5, 0.6) is 0 Å². The van der Waals surface area contributed by atoms with E-state index in [9.17, 15) is 4.79 Å². The summed E-state index contributed by atoms with van der Waals surface area (Å²) in [5, 5.41) is 9.10. The lowest BCUT2D eigenvalue weighted by molar-refractivity contribution is -0.135. The first-order valence-corrected chi connectivity index (χ1v) is 7.59. The van der Waals surface area contributed by atoms with Gasteiger partial charge in [-0.3, -0.25) is 9.69 Å². The van der Waals surface area contributed by atoms with E-state index in [1.54, 1.807) is 0 Å². The molecule has 2 fully saturated rings. The van der Waals surface area contributed by atoms with Gasteiger partial charge < -0.3 is 10.0 Å². The Balaban J connectivity index is 1.86. The molecule has 4 nitrogen and oxygen atoms in total. The first-order valence-electron chi connectivity index (χ1n) is 6.44. The van der Waals surface area contributed by atoms with Crippen molar-refractivity contribution in [2.75, 3.05) is 44.3 Å². The Labute approximate surface area is 107 Å². The third kappa shape index (κ3) is 3.14. The topological polar surface area (TPSA) is 43.8 Å². The molecule has 0 radical (unpaired) electrons. The highest BCUT2D eigenvalue weighted by atomic mass is 32.2. The summed E-state index contributed by atoms with van der Waals surface area (Å²) in [6, 6.07) is 0.00772. The SMILES string of the molecule is CC(C(=O)N1CCC(CO)C1)N1CCSCC1. The molecule has 0 aliphatic carbocycles. The molecule has 17 heavy (non-hydrogen) atoms. The zero-order chi connectivity index (χ0) is 12.3. The van der Waals surface area contributed by atoms with E-state index in [0.29, 0.717) is 5.92 Å². The Morgan fingerprint density at radius 3 is 2.71 bits per heavy atom. The smallest absolute Gasteiger partial charge is 0.239 e. The summed E-state index contributed by atoms with van der Waals surface area (Å²) in [6.45, 7) is 5.83. The molecule has 0 aromatic carbocycles. The number of aliphatic hydroxyl groups is 1. The van der Waals surface area contributed by atoms with Gasteiger partial charge in [0.1, 0.15) is 0 Å². The third-order valence-corrected chi connectivity index (χ3v) is 4.75. The molecule has 2 rings (SSSR count). The van der Waals surface area contributed by atoms with Crippen molar-refractivity contribution in [3.05, 3.63) is 0 Å². The number of carbonyl (C=O) groups is 1. The molecule has 5 heteroatoms. The van der Waals surface area contributed by atoms with Crippen LogP contribution in [0, 0.1) is 5.92 Å². The number of carbonyl (C=O) groups excluding carboxylic acids is 1. The van der Waals surface area contributed by atoms with E-state index in [0.717, 1.165) is 44.1 Å². The maximum atomic E-state index is 12.3. The number of hydrogen-bond acceptors (Lipinski definition) is 4. The Morgan fingerprint density at radius 1 is 1.41 bits per heavy atom. The van der Waals surface area contributed by atoms with Crippen LogP contribution in [-0.2, 0) is 4.79 Å². The second-order valence-electron chi connectivity index (χ2n) is 4.95. The Bertz CT molecular complexity index is 269. The number of aliphatic hydroxyl groups excluding tert-OH is 1. The highest BCUT2D eigenvalue weighted by Gasteiger charge is 2.31. The van der Waals surface area contributed by atoms with Gasteiger partial charge in [-0.1, -0.05) is 0 Å². The Morgan fingerprint density at radius 2 is 2.12 bits per heavy atom. The van der Waals surface area contributed by atoms with Gasteiger partial charge in [0.15, 0.2) is 0 Å². The third-order valence-electron chi connectivity index (χ3n) is 3.81. The van der Waals surface area contributed by atoms with Gasteiger partial charge in [0.05, 0.1) is 6.04 Å². The average molecular weight is 258 g/mol. The Hall–Kier alpha value is -0.260. The van der Waals surface area contributed by atoms with Crippen molar-refractivity contribution < 1.29 is 9.90 Å². The van der Waals surface area contributed by atoms with Crippen molar-refractivity contribution in [1.82, 2.24) is 9.80 Å². The van der Waals surface area contributed by atoms with Crippen LogP contribution < -0.4 is 0 Å². The number of rotatable bonds is 3. The van der Waals surface area contributed by atoms with Crippen molar-refractivity contribution in [2.45, 2.75) is 19.4 Å². The lowest BCUT2D eigenvalue weighted by atomic mass is 10.1. The van der Waals surface area contributed by atoms with Crippen LogP contribution in [0.3, 0.4) is 0 Å². The van der Waals surface area contributed by atoms with Gasteiger partial charge in [0.25, 0.3) is 0 Å².